The van der Waals surface area contributed by atoms with Crippen LogP contribution in [-0.2, 0) is 4.79 Å². The van der Waals surface area contributed by atoms with Crippen LogP contribution >= 0.6 is 0 Å². The van der Waals surface area contributed by atoms with Crippen molar-refractivity contribution >= 4 is 17.3 Å². The molecule has 1 aliphatic heterocycles. The van der Waals surface area contributed by atoms with Crippen molar-refractivity contribution in [2.45, 2.75) is 5.92 Å². The Balaban J connectivity index is 1.98. The third-order valence-corrected chi connectivity index (χ3v) is 3.45. The molecule has 1 heterocycles. The van der Waals surface area contributed by atoms with Gasteiger partial charge in [-0.3, -0.25) is 4.79 Å². The molecule has 2 aromatic rings. The van der Waals surface area contributed by atoms with Crippen LogP contribution in [0.15, 0.2) is 48.5 Å². The fourth-order valence-electron chi connectivity index (χ4n) is 2.40. The number of hydrogen-bond acceptors (Lipinski definition) is 3. The van der Waals surface area contributed by atoms with Gasteiger partial charge >= 0.3 is 0 Å². The monoisotopic (exact) mass is 263 g/mol. The van der Waals surface area contributed by atoms with Gasteiger partial charge in [-0.2, -0.15) is 5.26 Å². The van der Waals surface area contributed by atoms with Gasteiger partial charge in [0.2, 0.25) is 5.91 Å². The fourth-order valence-corrected chi connectivity index (χ4v) is 2.40. The van der Waals surface area contributed by atoms with Gasteiger partial charge in [-0.05, 0) is 17.7 Å². The quantitative estimate of drug-likeness (QED) is 0.831. The molecule has 0 saturated heterocycles. The molecular weight excluding hydrogens is 250 g/mol. The summed E-state index contributed by atoms with van der Waals surface area (Å²) in [6.07, 6.45) is 0. The van der Waals surface area contributed by atoms with Gasteiger partial charge in [0.05, 0.1) is 22.9 Å². The molecule has 4 nitrogen and oxygen atoms in total. The van der Waals surface area contributed by atoms with E-state index < -0.39 is 0 Å². The van der Waals surface area contributed by atoms with Crippen molar-refractivity contribution in [3.05, 3.63) is 59.7 Å². The van der Waals surface area contributed by atoms with E-state index in [-0.39, 0.29) is 11.8 Å². The lowest BCUT2D eigenvalue weighted by molar-refractivity contribution is -0.117. The smallest absolute Gasteiger partial charge is 0.233 e. The van der Waals surface area contributed by atoms with Crippen LogP contribution in [0.5, 0.6) is 0 Å². The summed E-state index contributed by atoms with van der Waals surface area (Å²) in [5.74, 6) is -0.361. The Morgan fingerprint density at radius 1 is 1.10 bits per heavy atom. The first-order valence-corrected chi connectivity index (χ1v) is 6.42. The Morgan fingerprint density at radius 2 is 1.90 bits per heavy atom. The molecule has 0 aliphatic carbocycles. The summed E-state index contributed by atoms with van der Waals surface area (Å²) in [6, 6.07) is 17.1. The van der Waals surface area contributed by atoms with E-state index in [1.54, 1.807) is 12.1 Å². The van der Waals surface area contributed by atoms with E-state index in [9.17, 15) is 4.79 Å². The molecule has 2 N–H and O–H groups in total. The van der Waals surface area contributed by atoms with E-state index in [0.717, 1.165) is 11.3 Å². The van der Waals surface area contributed by atoms with Crippen molar-refractivity contribution in [3.8, 4) is 6.07 Å². The highest BCUT2D eigenvalue weighted by atomic mass is 16.1. The van der Waals surface area contributed by atoms with Gasteiger partial charge in [-0.25, -0.2) is 0 Å². The number of carbonyl (C=O) groups excluding carboxylic acids is 1. The first-order valence-electron chi connectivity index (χ1n) is 6.42. The Hall–Kier alpha value is -2.80. The number of benzene rings is 2. The summed E-state index contributed by atoms with van der Waals surface area (Å²) in [4.78, 5) is 12.4. The number of para-hydroxylation sites is 1. The summed E-state index contributed by atoms with van der Waals surface area (Å²) in [6.45, 7) is 0.512. The first kappa shape index (κ1) is 12.2. The van der Waals surface area contributed by atoms with E-state index in [2.05, 4.69) is 16.7 Å². The van der Waals surface area contributed by atoms with E-state index in [0.29, 0.717) is 17.8 Å². The van der Waals surface area contributed by atoms with Crippen molar-refractivity contribution < 1.29 is 4.79 Å². The molecule has 0 spiro atoms. The normalized spacial score (nSPS) is 17.1. The van der Waals surface area contributed by atoms with Crippen LogP contribution in [0.25, 0.3) is 0 Å². The number of carbonyl (C=O) groups is 1. The van der Waals surface area contributed by atoms with Crippen LogP contribution in [0.2, 0.25) is 0 Å². The molecule has 1 amide bonds. The summed E-state index contributed by atoms with van der Waals surface area (Å²) in [5.41, 5.74) is 2.79. The number of nitrogens with zero attached hydrogens (tertiary/aromatic N) is 1. The largest absolute Gasteiger partial charge is 0.382 e. The molecule has 1 unspecified atom stereocenters. The number of nitriles is 1. The molecule has 98 valence electrons. The highest BCUT2D eigenvalue weighted by Gasteiger charge is 2.25. The lowest BCUT2D eigenvalue weighted by Gasteiger charge is -2.13. The van der Waals surface area contributed by atoms with E-state index in [1.807, 2.05) is 36.4 Å². The molecular formula is C16H13N3O. The van der Waals surface area contributed by atoms with Gasteiger partial charge in [0.15, 0.2) is 0 Å². The van der Waals surface area contributed by atoms with Crippen LogP contribution in [0.3, 0.4) is 0 Å². The second-order valence-electron chi connectivity index (χ2n) is 4.67. The molecule has 0 bridgehead atoms. The minimum absolute atomic E-state index is 0.0925. The predicted molar refractivity (Wildman–Crippen MR) is 77.5 cm³/mol. The van der Waals surface area contributed by atoms with Gasteiger partial charge in [-0.15, -0.1) is 0 Å². The number of anilines is 2. The number of rotatable bonds is 1. The molecule has 0 radical (unpaired) electrons. The second kappa shape index (κ2) is 5.06. The lowest BCUT2D eigenvalue weighted by atomic mass is 9.98. The van der Waals surface area contributed by atoms with Gasteiger partial charge < -0.3 is 10.6 Å². The second-order valence-corrected chi connectivity index (χ2v) is 4.67. The number of fused-ring (bicyclic) bond motifs is 1. The molecule has 0 saturated carbocycles. The van der Waals surface area contributed by atoms with Crippen molar-refractivity contribution in [1.82, 2.24) is 0 Å². The predicted octanol–water partition coefficient (Wildman–Crippen LogP) is 2.71. The standard InChI is InChI=1S/C16H13N3O/c17-9-12-7-4-8-14-15(12)19-16(20)13(10-18-14)11-5-2-1-3-6-11/h1-8,13,18H,10H2,(H,19,20). The van der Waals surface area contributed by atoms with Crippen molar-refractivity contribution in [2.75, 3.05) is 17.2 Å². The Kier molecular flexibility index (Phi) is 3.10. The number of hydrogen-bond donors (Lipinski definition) is 2. The number of amides is 1. The molecule has 1 atom stereocenters. The maximum Gasteiger partial charge on any atom is 0.233 e. The average molecular weight is 263 g/mol. The Morgan fingerprint density at radius 3 is 2.65 bits per heavy atom. The topological polar surface area (TPSA) is 64.9 Å². The molecule has 2 aromatic carbocycles. The fraction of sp³-hybridized carbons (Fsp3) is 0.125. The molecule has 1 aliphatic rings. The van der Waals surface area contributed by atoms with Crippen LogP contribution in [0.4, 0.5) is 11.4 Å². The lowest BCUT2D eigenvalue weighted by Crippen LogP contribution is -2.23. The van der Waals surface area contributed by atoms with Crippen molar-refractivity contribution in [2.24, 2.45) is 0 Å². The Bertz CT molecular complexity index is 689. The molecule has 20 heavy (non-hydrogen) atoms. The van der Waals surface area contributed by atoms with Crippen LogP contribution in [-0.4, -0.2) is 12.5 Å². The van der Waals surface area contributed by atoms with Crippen LogP contribution < -0.4 is 10.6 Å². The maximum absolute atomic E-state index is 12.4. The van der Waals surface area contributed by atoms with Crippen molar-refractivity contribution in [1.29, 1.82) is 5.26 Å². The first-order chi connectivity index (χ1) is 9.79. The Labute approximate surface area is 117 Å². The molecule has 0 fully saturated rings. The van der Waals surface area contributed by atoms with Crippen molar-refractivity contribution in [3.63, 3.8) is 0 Å². The van der Waals surface area contributed by atoms with Crippen LogP contribution in [0.1, 0.15) is 17.0 Å². The summed E-state index contributed by atoms with van der Waals surface area (Å²) in [5, 5.41) is 15.2. The third kappa shape index (κ3) is 2.10. The minimum Gasteiger partial charge on any atom is -0.382 e. The summed E-state index contributed by atoms with van der Waals surface area (Å²) < 4.78 is 0. The minimum atomic E-state index is -0.268. The number of nitrogens with one attached hydrogen (secondary N) is 2. The SMILES string of the molecule is N#Cc1cccc2c1NC(=O)C(c1ccccc1)CN2. The maximum atomic E-state index is 12.4. The summed E-state index contributed by atoms with van der Waals surface area (Å²) >= 11 is 0. The zero-order valence-electron chi connectivity index (χ0n) is 10.8. The highest BCUT2D eigenvalue weighted by molar-refractivity contribution is 6.01. The van der Waals surface area contributed by atoms with Gasteiger partial charge in [0.1, 0.15) is 6.07 Å². The average Bonchev–Trinajstić information content (AvgIpc) is 2.66. The third-order valence-electron chi connectivity index (χ3n) is 3.45. The van der Waals surface area contributed by atoms with Gasteiger partial charge in [0, 0.05) is 6.54 Å². The van der Waals surface area contributed by atoms with E-state index >= 15 is 0 Å². The molecule has 4 heteroatoms. The van der Waals surface area contributed by atoms with Crippen LogP contribution in [0, 0.1) is 11.3 Å². The zero-order valence-corrected chi connectivity index (χ0v) is 10.8. The van der Waals surface area contributed by atoms with E-state index in [4.69, 9.17) is 5.26 Å². The molecule has 0 aromatic heterocycles. The van der Waals surface area contributed by atoms with Gasteiger partial charge in [-0.1, -0.05) is 36.4 Å². The highest BCUT2D eigenvalue weighted by Crippen LogP contribution is 2.31. The molecule has 3 rings (SSSR count). The van der Waals surface area contributed by atoms with E-state index in [1.165, 1.54) is 0 Å². The van der Waals surface area contributed by atoms with Gasteiger partial charge in [0.25, 0.3) is 0 Å². The summed E-state index contributed by atoms with van der Waals surface area (Å²) in [7, 11) is 0. The zero-order chi connectivity index (χ0) is 13.9.